The number of benzene rings is 3. The van der Waals surface area contributed by atoms with Gasteiger partial charge in [-0.15, -0.1) is 13.2 Å². The topological polar surface area (TPSA) is 124 Å². The highest BCUT2D eigenvalue weighted by atomic mass is 19.4. The summed E-state index contributed by atoms with van der Waals surface area (Å²) in [5.41, 5.74) is 0.413. The van der Waals surface area contributed by atoms with E-state index in [1.54, 1.807) is 24.3 Å². The SMILES string of the molecule is O=C(Nc1c(C(=O)Nc2ccc(OC(F)(F)F)cc2)oc2ccccc12)c1ccc([N+](=O)[O-])cc1. The fourth-order valence-electron chi connectivity index (χ4n) is 3.18. The zero-order valence-corrected chi connectivity index (χ0v) is 17.5. The molecule has 0 unspecified atom stereocenters. The molecular weight excluding hydrogens is 471 g/mol. The second kappa shape index (κ2) is 9.17. The third-order valence-electron chi connectivity index (χ3n) is 4.73. The number of anilines is 2. The number of para-hydroxylation sites is 1. The molecule has 0 atom stereocenters. The van der Waals surface area contributed by atoms with Crippen molar-refractivity contribution in [1.82, 2.24) is 0 Å². The highest BCUT2D eigenvalue weighted by Gasteiger charge is 2.31. The Morgan fingerprint density at radius 1 is 0.886 bits per heavy atom. The summed E-state index contributed by atoms with van der Waals surface area (Å²) in [6, 6.07) is 15.9. The average Bonchev–Trinajstić information content (AvgIpc) is 3.18. The van der Waals surface area contributed by atoms with E-state index in [0.29, 0.717) is 11.0 Å². The number of halogens is 3. The molecule has 0 aliphatic carbocycles. The van der Waals surface area contributed by atoms with Crippen LogP contribution in [0.25, 0.3) is 11.0 Å². The van der Waals surface area contributed by atoms with Gasteiger partial charge in [0.15, 0.2) is 0 Å². The van der Waals surface area contributed by atoms with Gasteiger partial charge in [0.1, 0.15) is 17.0 Å². The fraction of sp³-hybridized carbons (Fsp3) is 0.0435. The summed E-state index contributed by atoms with van der Waals surface area (Å²) in [5, 5.41) is 16.3. The number of carbonyl (C=O) groups excluding carboxylic acids is 2. The molecule has 1 aromatic heterocycles. The maximum absolute atomic E-state index is 12.9. The predicted molar refractivity (Wildman–Crippen MR) is 118 cm³/mol. The lowest BCUT2D eigenvalue weighted by Crippen LogP contribution is -2.18. The van der Waals surface area contributed by atoms with Gasteiger partial charge in [-0.25, -0.2) is 0 Å². The van der Waals surface area contributed by atoms with Gasteiger partial charge >= 0.3 is 6.36 Å². The minimum Gasteiger partial charge on any atom is -0.449 e. The van der Waals surface area contributed by atoms with Gasteiger partial charge in [0.2, 0.25) is 5.76 Å². The molecule has 0 saturated heterocycles. The zero-order chi connectivity index (χ0) is 25.2. The van der Waals surface area contributed by atoms with Crippen LogP contribution >= 0.6 is 0 Å². The standard InChI is InChI=1S/C23H14F3N3O6/c24-23(25,26)35-16-11-7-14(8-12-16)27-22(31)20-19(17-3-1-2-4-18(17)34-20)28-21(30)13-5-9-15(10-6-13)29(32)33/h1-12H,(H,27,31)(H,28,30). The number of alkyl halides is 3. The smallest absolute Gasteiger partial charge is 0.449 e. The number of hydrogen-bond donors (Lipinski definition) is 2. The second-order valence-corrected chi connectivity index (χ2v) is 7.09. The summed E-state index contributed by atoms with van der Waals surface area (Å²) in [6.07, 6.45) is -4.85. The van der Waals surface area contributed by atoms with Crippen LogP contribution in [0.1, 0.15) is 20.9 Å². The molecule has 3 aromatic carbocycles. The summed E-state index contributed by atoms with van der Waals surface area (Å²) in [4.78, 5) is 35.9. The largest absolute Gasteiger partial charge is 0.573 e. The highest BCUT2D eigenvalue weighted by Crippen LogP contribution is 2.32. The molecule has 4 rings (SSSR count). The maximum Gasteiger partial charge on any atom is 0.573 e. The first-order valence-electron chi connectivity index (χ1n) is 9.85. The van der Waals surface area contributed by atoms with Crippen LogP contribution in [0.5, 0.6) is 5.75 Å². The molecule has 0 saturated carbocycles. The molecule has 4 aromatic rings. The van der Waals surface area contributed by atoms with Crippen molar-refractivity contribution >= 4 is 39.8 Å². The molecule has 0 spiro atoms. The number of rotatable bonds is 6. The van der Waals surface area contributed by atoms with Crippen LogP contribution in [0.3, 0.4) is 0 Å². The number of fused-ring (bicyclic) bond motifs is 1. The maximum atomic E-state index is 12.9. The van der Waals surface area contributed by atoms with E-state index in [4.69, 9.17) is 4.42 Å². The lowest BCUT2D eigenvalue weighted by atomic mass is 10.1. The van der Waals surface area contributed by atoms with Gasteiger partial charge in [-0.05, 0) is 48.5 Å². The molecule has 35 heavy (non-hydrogen) atoms. The summed E-state index contributed by atoms with van der Waals surface area (Å²) in [6.45, 7) is 0. The number of carbonyl (C=O) groups is 2. The summed E-state index contributed by atoms with van der Waals surface area (Å²) in [7, 11) is 0. The van der Waals surface area contributed by atoms with Gasteiger partial charge in [0.05, 0.1) is 4.92 Å². The van der Waals surface area contributed by atoms with E-state index in [2.05, 4.69) is 15.4 Å². The van der Waals surface area contributed by atoms with Crippen LogP contribution in [0, 0.1) is 10.1 Å². The van der Waals surface area contributed by atoms with Crippen LogP contribution < -0.4 is 15.4 Å². The predicted octanol–water partition coefficient (Wildman–Crippen LogP) is 5.74. The number of furan rings is 1. The molecule has 12 heteroatoms. The van der Waals surface area contributed by atoms with Gasteiger partial charge in [-0.3, -0.25) is 19.7 Å². The average molecular weight is 485 g/mol. The Kier molecular flexibility index (Phi) is 6.10. The Balaban J connectivity index is 1.59. The molecule has 178 valence electrons. The Bertz CT molecular complexity index is 1410. The second-order valence-electron chi connectivity index (χ2n) is 7.09. The first kappa shape index (κ1) is 23.3. The Hall–Kier alpha value is -4.87. The number of nitrogens with zero attached hydrogens (tertiary/aromatic N) is 1. The minimum absolute atomic E-state index is 0.0541. The number of hydrogen-bond acceptors (Lipinski definition) is 6. The van der Waals surface area contributed by atoms with E-state index in [0.717, 1.165) is 12.1 Å². The Morgan fingerprint density at radius 3 is 2.17 bits per heavy atom. The molecule has 1 heterocycles. The number of nitro benzene ring substituents is 1. The number of nitro groups is 1. The molecule has 0 aliphatic rings. The van der Waals surface area contributed by atoms with Gasteiger partial charge < -0.3 is 19.8 Å². The van der Waals surface area contributed by atoms with Crippen molar-refractivity contribution in [1.29, 1.82) is 0 Å². The quantitative estimate of drug-likeness (QED) is 0.265. The van der Waals surface area contributed by atoms with E-state index in [1.165, 1.54) is 36.4 Å². The van der Waals surface area contributed by atoms with Crippen molar-refractivity contribution in [3.63, 3.8) is 0 Å². The molecular formula is C23H14F3N3O6. The molecule has 2 N–H and O–H groups in total. The third kappa shape index (κ3) is 5.38. The normalized spacial score (nSPS) is 11.2. The molecule has 9 nitrogen and oxygen atoms in total. The van der Waals surface area contributed by atoms with Crippen molar-refractivity contribution in [3.05, 3.63) is 94.2 Å². The van der Waals surface area contributed by atoms with Crippen LogP contribution in [0.2, 0.25) is 0 Å². The van der Waals surface area contributed by atoms with Crippen LogP contribution in [0.4, 0.5) is 30.2 Å². The van der Waals surface area contributed by atoms with E-state index in [1.807, 2.05) is 0 Å². The number of nitrogens with one attached hydrogen (secondary N) is 2. The van der Waals surface area contributed by atoms with Gasteiger partial charge in [0.25, 0.3) is 17.5 Å². The van der Waals surface area contributed by atoms with Crippen LogP contribution in [-0.4, -0.2) is 23.1 Å². The monoisotopic (exact) mass is 485 g/mol. The van der Waals surface area contributed by atoms with Gasteiger partial charge in [-0.1, -0.05) is 12.1 Å². The first-order valence-corrected chi connectivity index (χ1v) is 9.85. The van der Waals surface area contributed by atoms with E-state index in [-0.39, 0.29) is 28.4 Å². The summed E-state index contributed by atoms with van der Waals surface area (Å²) < 4.78 is 46.4. The van der Waals surface area contributed by atoms with Crippen molar-refractivity contribution in [3.8, 4) is 5.75 Å². The minimum atomic E-state index is -4.85. The number of ether oxygens (including phenoxy) is 1. The van der Waals surface area contributed by atoms with Crippen molar-refractivity contribution in [2.45, 2.75) is 6.36 Å². The molecule has 0 aliphatic heterocycles. The highest BCUT2D eigenvalue weighted by molar-refractivity contribution is 6.16. The Morgan fingerprint density at radius 2 is 1.54 bits per heavy atom. The van der Waals surface area contributed by atoms with Crippen LogP contribution in [0.15, 0.2) is 77.2 Å². The van der Waals surface area contributed by atoms with Crippen LogP contribution in [-0.2, 0) is 0 Å². The first-order chi connectivity index (χ1) is 16.6. The van der Waals surface area contributed by atoms with Crippen molar-refractivity contribution < 1.29 is 36.8 Å². The van der Waals surface area contributed by atoms with E-state index < -0.39 is 28.8 Å². The number of non-ortho nitro benzene ring substituents is 1. The summed E-state index contributed by atoms with van der Waals surface area (Å²) >= 11 is 0. The van der Waals surface area contributed by atoms with E-state index in [9.17, 15) is 32.9 Å². The number of amides is 2. The molecule has 0 fully saturated rings. The lowest BCUT2D eigenvalue weighted by molar-refractivity contribution is -0.384. The van der Waals surface area contributed by atoms with Crippen molar-refractivity contribution in [2.24, 2.45) is 0 Å². The summed E-state index contributed by atoms with van der Waals surface area (Å²) in [5.74, 6) is -2.13. The van der Waals surface area contributed by atoms with Crippen molar-refractivity contribution in [2.75, 3.05) is 10.6 Å². The van der Waals surface area contributed by atoms with E-state index >= 15 is 0 Å². The fourth-order valence-corrected chi connectivity index (χ4v) is 3.18. The zero-order valence-electron chi connectivity index (χ0n) is 17.5. The molecule has 0 radical (unpaired) electrons. The molecule has 2 amide bonds. The lowest BCUT2D eigenvalue weighted by Gasteiger charge is -2.10. The Labute approximate surface area is 194 Å². The third-order valence-corrected chi connectivity index (χ3v) is 4.73. The van der Waals surface area contributed by atoms with Gasteiger partial charge in [-0.2, -0.15) is 0 Å². The molecule has 0 bridgehead atoms. The van der Waals surface area contributed by atoms with Gasteiger partial charge in [0, 0.05) is 28.8 Å².